The fraction of sp³-hybridized carbons (Fsp3) is 1.00. The van der Waals surface area contributed by atoms with E-state index in [1.54, 1.807) is 0 Å². The van der Waals surface area contributed by atoms with Crippen molar-refractivity contribution in [2.45, 2.75) is 47.0 Å². The van der Waals surface area contributed by atoms with Crippen LogP contribution in [0.1, 0.15) is 47.0 Å². The van der Waals surface area contributed by atoms with Crippen LogP contribution < -0.4 is 5.32 Å². The van der Waals surface area contributed by atoms with Crippen molar-refractivity contribution in [2.75, 3.05) is 53.4 Å². The Balaban J connectivity index is 2.39. The number of nitrogens with zero attached hydrogens (tertiary/aromatic N) is 2. The Morgan fingerprint density at radius 3 is 2.62 bits per heavy atom. The highest BCUT2D eigenvalue weighted by Crippen LogP contribution is 2.25. The highest BCUT2D eigenvalue weighted by molar-refractivity contribution is 4.82. The first kappa shape index (κ1) is 18.9. The van der Waals surface area contributed by atoms with E-state index in [-0.39, 0.29) is 0 Å². The second-order valence-corrected chi connectivity index (χ2v) is 8.20. The number of likely N-dealkylation sites (tertiary alicyclic amines) is 1. The van der Waals surface area contributed by atoms with E-state index in [1.165, 1.54) is 45.4 Å². The van der Waals surface area contributed by atoms with E-state index in [2.05, 4.69) is 56.9 Å². The van der Waals surface area contributed by atoms with Gasteiger partial charge >= 0.3 is 0 Å². The van der Waals surface area contributed by atoms with Crippen molar-refractivity contribution in [3.8, 4) is 0 Å². The van der Waals surface area contributed by atoms with Crippen molar-refractivity contribution >= 4 is 0 Å². The summed E-state index contributed by atoms with van der Waals surface area (Å²) in [5.74, 6) is 1.61. The van der Waals surface area contributed by atoms with E-state index < -0.39 is 0 Å². The van der Waals surface area contributed by atoms with Crippen molar-refractivity contribution < 1.29 is 0 Å². The van der Waals surface area contributed by atoms with Crippen molar-refractivity contribution in [2.24, 2.45) is 17.3 Å². The maximum Gasteiger partial charge on any atom is 0.00446 e. The molecule has 3 heteroatoms. The van der Waals surface area contributed by atoms with Crippen molar-refractivity contribution in [1.29, 1.82) is 0 Å². The summed E-state index contributed by atoms with van der Waals surface area (Å²) in [4.78, 5) is 5.05. The Labute approximate surface area is 133 Å². The molecule has 2 atom stereocenters. The van der Waals surface area contributed by atoms with Gasteiger partial charge in [0.15, 0.2) is 0 Å². The first-order valence-corrected chi connectivity index (χ1v) is 8.92. The van der Waals surface area contributed by atoms with E-state index in [0.717, 1.165) is 24.9 Å². The lowest BCUT2D eigenvalue weighted by Crippen LogP contribution is -2.43. The molecule has 0 aromatic rings. The molecule has 1 N–H and O–H groups in total. The third-order valence-corrected chi connectivity index (χ3v) is 4.67. The van der Waals surface area contributed by atoms with E-state index in [1.807, 2.05) is 0 Å². The summed E-state index contributed by atoms with van der Waals surface area (Å²) in [7, 11) is 4.56. The molecule has 1 rings (SSSR count). The predicted molar refractivity (Wildman–Crippen MR) is 93.8 cm³/mol. The van der Waals surface area contributed by atoms with Gasteiger partial charge in [0.05, 0.1) is 0 Å². The summed E-state index contributed by atoms with van der Waals surface area (Å²) < 4.78 is 0. The Hall–Kier alpha value is -0.120. The molecule has 1 fully saturated rings. The van der Waals surface area contributed by atoms with Crippen LogP contribution in [0, 0.1) is 17.3 Å². The molecule has 0 amide bonds. The van der Waals surface area contributed by atoms with Crippen LogP contribution in [-0.2, 0) is 0 Å². The van der Waals surface area contributed by atoms with E-state index in [4.69, 9.17) is 0 Å². The van der Waals surface area contributed by atoms with Crippen LogP contribution in [0.2, 0.25) is 0 Å². The van der Waals surface area contributed by atoms with Gasteiger partial charge in [0.25, 0.3) is 0 Å². The molecule has 0 spiro atoms. The lowest BCUT2D eigenvalue weighted by Gasteiger charge is -2.35. The zero-order valence-corrected chi connectivity index (χ0v) is 15.4. The lowest BCUT2D eigenvalue weighted by atomic mass is 9.84. The summed E-state index contributed by atoms with van der Waals surface area (Å²) in [5.41, 5.74) is 0.406. The van der Waals surface area contributed by atoms with Gasteiger partial charge in [-0.15, -0.1) is 0 Å². The molecule has 1 aliphatic heterocycles. The van der Waals surface area contributed by atoms with Crippen LogP contribution in [0.3, 0.4) is 0 Å². The Morgan fingerprint density at radius 2 is 2.10 bits per heavy atom. The molecule has 0 aromatic heterocycles. The van der Waals surface area contributed by atoms with Crippen LogP contribution in [-0.4, -0.2) is 63.2 Å². The first-order valence-electron chi connectivity index (χ1n) is 8.92. The maximum atomic E-state index is 3.68. The van der Waals surface area contributed by atoms with Crippen LogP contribution in [0.5, 0.6) is 0 Å². The number of nitrogens with one attached hydrogen (secondary N) is 1. The third kappa shape index (κ3) is 7.62. The van der Waals surface area contributed by atoms with E-state index >= 15 is 0 Å². The normalized spacial score (nSPS) is 23.1. The number of hydrogen-bond acceptors (Lipinski definition) is 3. The van der Waals surface area contributed by atoms with Gasteiger partial charge in [-0.3, -0.25) is 0 Å². The highest BCUT2D eigenvalue weighted by atomic mass is 15.2. The molecule has 1 heterocycles. The van der Waals surface area contributed by atoms with Crippen molar-refractivity contribution in [1.82, 2.24) is 15.1 Å². The number of rotatable bonds is 10. The molecule has 0 aliphatic carbocycles. The highest BCUT2D eigenvalue weighted by Gasteiger charge is 2.27. The van der Waals surface area contributed by atoms with Crippen molar-refractivity contribution in [3.05, 3.63) is 0 Å². The monoisotopic (exact) mass is 297 g/mol. The SMILES string of the molecule is CCCC(C)(CNCC(C)C)CN(C)CC1CCN(C)C1. The molecular weight excluding hydrogens is 258 g/mol. The standard InChI is InChI=1S/C18H39N3/c1-7-9-18(4,14-19-11-16(2)3)15-21(6)13-17-8-10-20(5)12-17/h16-17,19H,7-15H2,1-6H3. The average molecular weight is 298 g/mol. The minimum absolute atomic E-state index is 0.406. The van der Waals surface area contributed by atoms with Gasteiger partial charge in [0.2, 0.25) is 0 Å². The van der Waals surface area contributed by atoms with Crippen LogP contribution in [0.4, 0.5) is 0 Å². The van der Waals surface area contributed by atoms with Gasteiger partial charge < -0.3 is 15.1 Å². The summed E-state index contributed by atoms with van der Waals surface area (Å²) in [6.45, 7) is 16.7. The molecule has 0 bridgehead atoms. The summed E-state index contributed by atoms with van der Waals surface area (Å²) in [5, 5.41) is 3.68. The van der Waals surface area contributed by atoms with Gasteiger partial charge in [-0.25, -0.2) is 0 Å². The maximum absolute atomic E-state index is 3.68. The lowest BCUT2D eigenvalue weighted by molar-refractivity contribution is 0.156. The van der Waals surface area contributed by atoms with Crippen LogP contribution in [0.25, 0.3) is 0 Å². The smallest absolute Gasteiger partial charge is 0.00446 e. The van der Waals surface area contributed by atoms with Gasteiger partial charge in [-0.1, -0.05) is 34.1 Å². The minimum Gasteiger partial charge on any atom is -0.316 e. The average Bonchev–Trinajstić information content (AvgIpc) is 2.73. The largest absolute Gasteiger partial charge is 0.316 e. The quantitative estimate of drug-likeness (QED) is 0.669. The number of hydrogen-bond donors (Lipinski definition) is 1. The summed E-state index contributed by atoms with van der Waals surface area (Å²) in [6, 6.07) is 0. The zero-order chi connectivity index (χ0) is 15.9. The van der Waals surface area contributed by atoms with Gasteiger partial charge in [0, 0.05) is 26.2 Å². The Kier molecular flexibility index (Phi) is 8.22. The fourth-order valence-electron chi connectivity index (χ4n) is 3.82. The molecule has 21 heavy (non-hydrogen) atoms. The van der Waals surface area contributed by atoms with E-state index in [9.17, 15) is 0 Å². The van der Waals surface area contributed by atoms with Gasteiger partial charge in [0.1, 0.15) is 0 Å². The van der Waals surface area contributed by atoms with Gasteiger partial charge in [-0.05, 0) is 57.3 Å². The molecule has 0 aromatic carbocycles. The Bertz CT molecular complexity index is 280. The molecule has 3 nitrogen and oxygen atoms in total. The third-order valence-electron chi connectivity index (χ3n) is 4.67. The van der Waals surface area contributed by atoms with Crippen LogP contribution >= 0.6 is 0 Å². The minimum atomic E-state index is 0.406. The molecule has 0 radical (unpaired) electrons. The topological polar surface area (TPSA) is 18.5 Å². The molecule has 1 saturated heterocycles. The second-order valence-electron chi connectivity index (χ2n) is 8.20. The Morgan fingerprint density at radius 1 is 1.38 bits per heavy atom. The van der Waals surface area contributed by atoms with Crippen LogP contribution in [0.15, 0.2) is 0 Å². The zero-order valence-electron chi connectivity index (χ0n) is 15.4. The van der Waals surface area contributed by atoms with E-state index in [0.29, 0.717) is 5.41 Å². The predicted octanol–water partition coefficient (Wildman–Crippen LogP) is 2.92. The first-order chi connectivity index (χ1) is 9.84. The fourth-order valence-corrected chi connectivity index (χ4v) is 3.82. The van der Waals surface area contributed by atoms with Crippen molar-refractivity contribution in [3.63, 3.8) is 0 Å². The summed E-state index contributed by atoms with van der Waals surface area (Å²) >= 11 is 0. The molecule has 126 valence electrons. The molecule has 2 unspecified atom stereocenters. The second kappa shape index (κ2) is 9.12. The molecular formula is C18H39N3. The molecule has 1 aliphatic rings. The summed E-state index contributed by atoms with van der Waals surface area (Å²) in [6.07, 6.45) is 3.96. The van der Waals surface area contributed by atoms with Gasteiger partial charge in [-0.2, -0.15) is 0 Å². The molecule has 0 saturated carbocycles.